The number of ether oxygens (including phenoxy) is 2. The molecule has 36 heavy (non-hydrogen) atoms. The zero-order chi connectivity index (χ0) is 25.5. The molecule has 1 amide bonds. The highest BCUT2D eigenvalue weighted by Crippen LogP contribution is 2.70. The monoisotopic (exact) mass is 503 g/mol. The number of esters is 1. The quantitative estimate of drug-likeness (QED) is 0.496. The number of hydrogen-bond donors (Lipinski definition) is 3. The van der Waals surface area contributed by atoms with Crippen molar-refractivity contribution in [2.75, 3.05) is 19.7 Å². The van der Waals surface area contributed by atoms with Gasteiger partial charge in [0.1, 0.15) is 12.7 Å². The van der Waals surface area contributed by atoms with Crippen LogP contribution in [-0.4, -0.2) is 75.9 Å². The summed E-state index contributed by atoms with van der Waals surface area (Å²) in [6.45, 7) is 5.54. The van der Waals surface area contributed by atoms with Crippen LogP contribution < -0.4 is 0 Å². The van der Waals surface area contributed by atoms with Gasteiger partial charge in [0.15, 0.2) is 0 Å². The molecule has 8 nitrogen and oxygen atoms in total. The van der Waals surface area contributed by atoms with E-state index in [4.69, 9.17) is 9.47 Å². The van der Waals surface area contributed by atoms with Crippen LogP contribution in [0.4, 0.5) is 4.79 Å². The van der Waals surface area contributed by atoms with E-state index in [9.17, 15) is 24.9 Å². The average Bonchev–Trinajstić information content (AvgIpc) is 3.53. The van der Waals surface area contributed by atoms with Gasteiger partial charge in [-0.1, -0.05) is 13.8 Å². The van der Waals surface area contributed by atoms with E-state index in [1.807, 2.05) is 6.92 Å². The lowest BCUT2D eigenvalue weighted by Crippen LogP contribution is -2.67. The Morgan fingerprint density at radius 2 is 1.89 bits per heavy atom. The summed E-state index contributed by atoms with van der Waals surface area (Å²) in [5.74, 6) is 0.341. The Morgan fingerprint density at radius 1 is 1.08 bits per heavy atom. The van der Waals surface area contributed by atoms with Crippen LogP contribution >= 0.6 is 0 Å². The highest BCUT2D eigenvalue weighted by Gasteiger charge is 2.70. The van der Waals surface area contributed by atoms with Gasteiger partial charge < -0.3 is 29.7 Å². The number of cyclic esters (lactones) is 1. The maximum Gasteiger partial charge on any atom is 0.410 e. The number of hydrogen-bond acceptors (Lipinski definition) is 7. The van der Waals surface area contributed by atoms with Gasteiger partial charge in [-0.05, 0) is 92.4 Å². The second-order valence-corrected chi connectivity index (χ2v) is 13.0. The average molecular weight is 504 g/mol. The summed E-state index contributed by atoms with van der Waals surface area (Å²) < 4.78 is 11.1. The Hall–Kier alpha value is -1.64. The third kappa shape index (κ3) is 3.43. The molecule has 4 aliphatic carbocycles. The van der Waals surface area contributed by atoms with Crippen LogP contribution in [0.1, 0.15) is 71.6 Å². The number of aliphatic hydroxyl groups is 3. The minimum atomic E-state index is -0.972. The molecule has 6 aliphatic rings. The Morgan fingerprint density at radius 3 is 2.58 bits per heavy atom. The van der Waals surface area contributed by atoms with Crippen molar-refractivity contribution in [1.82, 2.24) is 4.90 Å². The van der Waals surface area contributed by atoms with Crippen molar-refractivity contribution in [3.8, 4) is 0 Å². The fourth-order valence-electron chi connectivity index (χ4n) is 9.58. The molecule has 6 rings (SSSR count). The van der Waals surface area contributed by atoms with Crippen molar-refractivity contribution in [1.29, 1.82) is 0 Å². The molecule has 0 bridgehead atoms. The van der Waals surface area contributed by atoms with Gasteiger partial charge in [-0.2, -0.15) is 0 Å². The molecule has 0 radical (unpaired) electrons. The zero-order valence-electron chi connectivity index (χ0n) is 21.5. The zero-order valence-corrected chi connectivity index (χ0v) is 21.5. The summed E-state index contributed by atoms with van der Waals surface area (Å²) in [7, 11) is 0. The first kappa shape index (κ1) is 24.7. The number of rotatable bonds is 2. The number of likely N-dealkylation sites (tertiary alicyclic amines) is 1. The number of β-amino-alcohol motifs (C(OH)–C–C–N with tert-alkyl or cyclic N) is 1. The van der Waals surface area contributed by atoms with Gasteiger partial charge in [-0.3, -0.25) is 0 Å². The van der Waals surface area contributed by atoms with E-state index in [2.05, 4.69) is 6.92 Å². The van der Waals surface area contributed by atoms with Crippen LogP contribution in [-0.2, 0) is 14.3 Å². The Balaban J connectivity index is 1.19. The lowest BCUT2D eigenvalue weighted by molar-refractivity contribution is -0.245. The fourth-order valence-corrected chi connectivity index (χ4v) is 9.58. The van der Waals surface area contributed by atoms with Gasteiger partial charge in [0, 0.05) is 24.6 Å². The molecular weight excluding hydrogens is 462 g/mol. The molecule has 0 aromatic heterocycles. The maximum atomic E-state index is 12.6. The summed E-state index contributed by atoms with van der Waals surface area (Å²) in [6, 6.07) is 0. The molecule has 3 N–H and O–H groups in total. The standard InChI is InChI=1S/C28H41NO7/c1-26-8-5-19(36-25(33)29-10-7-18(30)14-29)12-17(26)3-4-21-22(26)13-23(31)27(2)20(6-9-28(21,27)34)16-11-24(32)35-15-16/h11,17-23,30-31,34H,3-10,12-15H2,1-2H3/t17-,18-,19-,20-,21-,22-,23-,26-,27-,28-/m1/s1. The summed E-state index contributed by atoms with van der Waals surface area (Å²) in [4.78, 5) is 26.0. The Labute approximate surface area is 213 Å². The number of amides is 1. The lowest BCUT2D eigenvalue weighted by atomic mass is 9.42. The third-order valence-corrected chi connectivity index (χ3v) is 11.7. The van der Waals surface area contributed by atoms with Crippen molar-refractivity contribution in [2.24, 2.45) is 34.5 Å². The predicted molar refractivity (Wildman–Crippen MR) is 130 cm³/mol. The van der Waals surface area contributed by atoms with Crippen molar-refractivity contribution in [3.63, 3.8) is 0 Å². The van der Waals surface area contributed by atoms with Crippen molar-refractivity contribution < 1.29 is 34.4 Å². The van der Waals surface area contributed by atoms with E-state index in [0.29, 0.717) is 38.3 Å². The van der Waals surface area contributed by atoms with Crippen LogP contribution in [0.15, 0.2) is 11.6 Å². The Bertz CT molecular complexity index is 968. The van der Waals surface area contributed by atoms with Gasteiger partial charge >= 0.3 is 12.1 Å². The lowest BCUT2D eigenvalue weighted by Gasteiger charge is -2.65. The number of nitrogens with zero attached hydrogens (tertiary/aromatic N) is 1. The first-order valence-electron chi connectivity index (χ1n) is 14.0. The van der Waals surface area contributed by atoms with Crippen LogP contribution in [0, 0.1) is 34.5 Å². The van der Waals surface area contributed by atoms with Crippen LogP contribution in [0.2, 0.25) is 0 Å². The number of carbonyl (C=O) groups is 2. The summed E-state index contributed by atoms with van der Waals surface area (Å²) in [5, 5.41) is 33.7. The fraction of sp³-hybridized carbons (Fsp3) is 0.857. The van der Waals surface area contributed by atoms with Crippen molar-refractivity contribution >= 4 is 12.1 Å². The minimum absolute atomic E-state index is 0.0164. The van der Waals surface area contributed by atoms with Gasteiger partial charge in [0.05, 0.1) is 17.8 Å². The SMILES string of the molecule is C[C@@]12CC[C@@H](OC(=O)N3CC[C@@H](O)C3)C[C@H]1CC[C@@H]1[C@H]2C[C@@H](O)[C@@]2(C)[C@@H](C3=CC(=O)OC3)CC[C@@]12O. The van der Waals surface area contributed by atoms with E-state index >= 15 is 0 Å². The van der Waals surface area contributed by atoms with Gasteiger partial charge in [-0.25, -0.2) is 9.59 Å². The predicted octanol–water partition coefficient (Wildman–Crippen LogP) is 2.79. The molecular formula is C28H41NO7. The van der Waals surface area contributed by atoms with Gasteiger partial charge in [0.25, 0.3) is 0 Å². The summed E-state index contributed by atoms with van der Waals surface area (Å²) >= 11 is 0. The van der Waals surface area contributed by atoms with Crippen LogP contribution in [0.5, 0.6) is 0 Å². The number of aliphatic hydroxyl groups excluding tert-OH is 2. The molecule has 0 aromatic carbocycles. The molecule has 2 heterocycles. The molecule has 1 saturated heterocycles. The molecule has 4 saturated carbocycles. The van der Waals surface area contributed by atoms with Crippen LogP contribution in [0.25, 0.3) is 0 Å². The van der Waals surface area contributed by atoms with Gasteiger partial charge in [0.2, 0.25) is 0 Å². The summed E-state index contributed by atoms with van der Waals surface area (Å²) in [6.07, 6.45) is 7.12. The Kier molecular flexibility index (Phi) is 5.78. The van der Waals surface area contributed by atoms with Crippen molar-refractivity contribution in [3.05, 3.63) is 11.6 Å². The first-order chi connectivity index (χ1) is 17.1. The highest BCUT2D eigenvalue weighted by atomic mass is 16.6. The molecule has 2 aliphatic heterocycles. The molecule has 0 unspecified atom stereocenters. The molecule has 0 aromatic rings. The molecule has 10 atom stereocenters. The van der Waals surface area contributed by atoms with E-state index < -0.39 is 23.2 Å². The molecule has 200 valence electrons. The second kappa shape index (κ2) is 8.43. The van der Waals surface area contributed by atoms with Crippen LogP contribution in [0.3, 0.4) is 0 Å². The number of fused-ring (bicyclic) bond motifs is 5. The van der Waals surface area contributed by atoms with E-state index in [0.717, 1.165) is 44.1 Å². The first-order valence-corrected chi connectivity index (χ1v) is 14.0. The van der Waals surface area contributed by atoms with E-state index in [1.165, 1.54) is 0 Å². The molecule has 0 spiro atoms. The highest BCUT2D eigenvalue weighted by molar-refractivity contribution is 5.85. The van der Waals surface area contributed by atoms with E-state index in [1.54, 1.807) is 11.0 Å². The second-order valence-electron chi connectivity index (χ2n) is 13.0. The topological polar surface area (TPSA) is 117 Å². The summed E-state index contributed by atoms with van der Waals surface area (Å²) in [5.41, 5.74) is -0.758. The smallest absolute Gasteiger partial charge is 0.410 e. The maximum absolute atomic E-state index is 12.6. The largest absolute Gasteiger partial charge is 0.458 e. The third-order valence-electron chi connectivity index (χ3n) is 11.7. The van der Waals surface area contributed by atoms with Crippen molar-refractivity contribution in [2.45, 2.75) is 95.5 Å². The molecule has 8 heteroatoms. The minimum Gasteiger partial charge on any atom is -0.458 e. The number of carbonyl (C=O) groups excluding carboxylic acids is 2. The van der Waals surface area contributed by atoms with E-state index in [-0.39, 0.29) is 47.9 Å². The normalized spacial score (nSPS) is 50.1. The van der Waals surface area contributed by atoms with Gasteiger partial charge in [-0.15, -0.1) is 0 Å². The molecule has 5 fully saturated rings.